The Morgan fingerprint density at radius 3 is 2.79 bits per heavy atom. The van der Waals surface area contributed by atoms with Crippen LogP contribution in [-0.2, 0) is 9.53 Å². The van der Waals surface area contributed by atoms with Crippen LogP contribution in [-0.4, -0.2) is 33.4 Å². The Morgan fingerprint density at radius 1 is 1.10 bits per heavy atom. The molecule has 3 aromatic rings. The number of amides is 2. The van der Waals surface area contributed by atoms with Crippen LogP contribution in [0.2, 0.25) is 0 Å². The van der Waals surface area contributed by atoms with E-state index in [1.807, 2.05) is 18.2 Å². The number of nitrogens with one attached hydrogen (secondary N) is 3. The summed E-state index contributed by atoms with van der Waals surface area (Å²) in [7, 11) is 0. The first-order chi connectivity index (χ1) is 14.2. The van der Waals surface area contributed by atoms with Crippen LogP contribution < -0.4 is 10.6 Å². The topological polar surface area (TPSA) is 109 Å². The molecule has 1 saturated heterocycles. The number of nitrogens with zero attached hydrogens (tertiary/aromatic N) is 2. The van der Waals surface area contributed by atoms with Gasteiger partial charge >= 0.3 is 0 Å². The van der Waals surface area contributed by atoms with Crippen molar-refractivity contribution in [1.82, 2.24) is 15.0 Å². The number of fused-ring (bicyclic) bond motifs is 1. The molecule has 0 bridgehead atoms. The first kappa shape index (κ1) is 17.8. The van der Waals surface area contributed by atoms with Crippen molar-refractivity contribution in [1.29, 1.82) is 0 Å². The van der Waals surface area contributed by atoms with Crippen molar-refractivity contribution in [3.05, 3.63) is 47.9 Å². The Bertz CT molecular complexity index is 1080. The number of aromatic amines is 1. The molecule has 1 aliphatic heterocycles. The fraction of sp³-hybridized carbons (Fsp3) is 0.333. The number of ether oxygens (including phenoxy) is 1. The molecular weight excluding hydrogens is 370 g/mol. The lowest BCUT2D eigenvalue weighted by atomic mass is 10.2. The predicted molar refractivity (Wildman–Crippen MR) is 108 cm³/mol. The fourth-order valence-electron chi connectivity index (χ4n) is 3.47. The maximum absolute atomic E-state index is 12.7. The molecule has 2 aliphatic rings. The van der Waals surface area contributed by atoms with E-state index in [4.69, 9.17) is 4.74 Å². The third-order valence-corrected chi connectivity index (χ3v) is 5.21. The Labute approximate surface area is 167 Å². The van der Waals surface area contributed by atoms with Gasteiger partial charge in [-0.25, -0.2) is 9.97 Å². The maximum atomic E-state index is 12.7. The van der Waals surface area contributed by atoms with Crippen LogP contribution in [0.3, 0.4) is 0 Å². The number of H-pyrrole nitrogens is 1. The second-order valence-corrected chi connectivity index (χ2v) is 7.50. The monoisotopic (exact) mass is 391 g/mol. The number of aromatic nitrogens is 3. The third kappa shape index (κ3) is 3.84. The minimum absolute atomic E-state index is 0.0153. The molecule has 2 fully saturated rings. The summed E-state index contributed by atoms with van der Waals surface area (Å²) in [6, 6.07) is 8.74. The zero-order valence-corrected chi connectivity index (χ0v) is 15.8. The highest BCUT2D eigenvalue weighted by Gasteiger charge is 2.29. The highest BCUT2D eigenvalue weighted by molar-refractivity contribution is 6.05. The molecule has 8 nitrogen and oxygen atoms in total. The van der Waals surface area contributed by atoms with Gasteiger partial charge in [-0.2, -0.15) is 0 Å². The molecule has 1 aromatic carbocycles. The average Bonchev–Trinajstić information content (AvgIpc) is 3.27. The summed E-state index contributed by atoms with van der Waals surface area (Å²) in [6.07, 6.45) is 5.36. The summed E-state index contributed by atoms with van der Waals surface area (Å²) >= 11 is 0. The zero-order valence-electron chi connectivity index (χ0n) is 15.8. The Kier molecular flexibility index (Phi) is 4.48. The number of hydrogen-bond acceptors (Lipinski definition) is 5. The van der Waals surface area contributed by atoms with Crippen LogP contribution in [0.15, 0.2) is 36.5 Å². The average molecular weight is 391 g/mol. The van der Waals surface area contributed by atoms with Crippen LogP contribution in [0.5, 0.6) is 0 Å². The van der Waals surface area contributed by atoms with Crippen molar-refractivity contribution in [2.24, 2.45) is 5.92 Å². The van der Waals surface area contributed by atoms with Gasteiger partial charge in [0.2, 0.25) is 5.91 Å². The van der Waals surface area contributed by atoms with Crippen molar-refractivity contribution in [3.63, 3.8) is 0 Å². The molecule has 8 heteroatoms. The zero-order chi connectivity index (χ0) is 19.8. The minimum Gasteiger partial charge on any atom is -0.370 e. The van der Waals surface area contributed by atoms with Crippen LogP contribution in [0.25, 0.3) is 11.0 Å². The van der Waals surface area contributed by atoms with Gasteiger partial charge in [-0.3, -0.25) is 9.59 Å². The van der Waals surface area contributed by atoms with Crippen molar-refractivity contribution in [3.8, 4) is 0 Å². The molecule has 1 saturated carbocycles. The Morgan fingerprint density at radius 2 is 2.00 bits per heavy atom. The van der Waals surface area contributed by atoms with Crippen LogP contribution in [0.1, 0.15) is 48.0 Å². The number of carbonyl (C=O) groups is 2. The normalized spacial score (nSPS) is 18.7. The lowest BCUT2D eigenvalue weighted by molar-refractivity contribution is -0.117. The highest BCUT2D eigenvalue weighted by Crippen LogP contribution is 2.30. The predicted octanol–water partition coefficient (Wildman–Crippen LogP) is 3.41. The lowest BCUT2D eigenvalue weighted by Gasteiger charge is -2.07. The number of benzene rings is 1. The fourth-order valence-corrected chi connectivity index (χ4v) is 3.47. The van der Waals surface area contributed by atoms with Gasteiger partial charge < -0.3 is 20.4 Å². The van der Waals surface area contributed by atoms with Crippen LogP contribution in [0, 0.1) is 5.92 Å². The van der Waals surface area contributed by atoms with E-state index < -0.39 is 0 Å². The third-order valence-electron chi connectivity index (χ3n) is 5.21. The van der Waals surface area contributed by atoms with Gasteiger partial charge in [0.15, 0.2) is 0 Å². The number of pyridine rings is 1. The molecule has 3 heterocycles. The first-order valence-corrected chi connectivity index (χ1v) is 9.85. The van der Waals surface area contributed by atoms with E-state index in [0.717, 1.165) is 49.1 Å². The minimum atomic E-state index is -0.271. The largest absolute Gasteiger partial charge is 0.370 e. The van der Waals surface area contributed by atoms with Gasteiger partial charge in [0.1, 0.15) is 17.7 Å². The highest BCUT2D eigenvalue weighted by atomic mass is 16.5. The van der Waals surface area contributed by atoms with E-state index in [0.29, 0.717) is 17.1 Å². The summed E-state index contributed by atoms with van der Waals surface area (Å²) < 4.78 is 5.68. The summed E-state index contributed by atoms with van der Waals surface area (Å²) in [4.78, 5) is 36.6. The summed E-state index contributed by atoms with van der Waals surface area (Å²) in [5.74, 6) is 0.982. The quantitative estimate of drug-likeness (QED) is 0.617. The molecule has 5 rings (SSSR count). The maximum Gasteiger partial charge on any atom is 0.255 e. The van der Waals surface area contributed by atoms with E-state index in [1.165, 1.54) is 6.20 Å². The van der Waals surface area contributed by atoms with Gasteiger partial charge in [-0.05, 0) is 56.0 Å². The van der Waals surface area contributed by atoms with Gasteiger partial charge in [-0.1, -0.05) is 0 Å². The SMILES string of the molecule is O=C(Nc1ccc2nc(C3CCCO3)[nH]c2c1)c1ccnc(NC(=O)C2CC2)c1. The van der Waals surface area contributed by atoms with Crippen molar-refractivity contribution >= 4 is 34.4 Å². The molecule has 3 N–H and O–H groups in total. The summed E-state index contributed by atoms with van der Waals surface area (Å²) in [6.45, 7) is 0.762. The molecule has 29 heavy (non-hydrogen) atoms. The number of imidazole rings is 1. The van der Waals surface area contributed by atoms with E-state index >= 15 is 0 Å². The van der Waals surface area contributed by atoms with Crippen molar-refractivity contribution < 1.29 is 14.3 Å². The standard InChI is InChI=1S/C21H21N5O3/c27-20(12-3-4-12)26-18-10-13(7-8-22-18)21(28)23-14-5-6-15-16(11-14)25-19(24-15)17-2-1-9-29-17/h5-8,10-12,17H,1-4,9H2,(H,23,28)(H,24,25)(H,22,26,27). The molecule has 2 aromatic heterocycles. The van der Waals surface area contributed by atoms with Gasteiger partial charge in [0.25, 0.3) is 5.91 Å². The molecule has 2 amide bonds. The summed E-state index contributed by atoms with van der Waals surface area (Å²) in [5, 5.41) is 5.65. The molecular formula is C21H21N5O3. The first-order valence-electron chi connectivity index (χ1n) is 9.85. The number of anilines is 2. The lowest BCUT2D eigenvalue weighted by Crippen LogP contribution is -2.16. The number of hydrogen-bond donors (Lipinski definition) is 3. The van der Waals surface area contributed by atoms with Gasteiger partial charge in [0, 0.05) is 30.0 Å². The van der Waals surface area contributed by atoms with E-state index in [-0.39, 0.29) is 23.8 Å². The van der Waals surface area contributed by atoms with Crippen LogP contribution in [0.4, 0.5) is 11.5 Å². The molecule has 1 atom stereocenters. The van der Waals surface area contributed by atoms with E-state index in [9.17, 15) is 9.59 Å². The molecule has 1 unspecified atom stereocenters. The Hall–Kier alpha value is -3.26. The summed E-state index contributed by atoms with van der Waals surface area (Å²) in [5.41, 5.74) is 2.77. The van der Waals surface area contributed by atoms with E-state index in [2.05, 4.69) is 25.6 Å². The van der Waals surface area contributed by atoms with Crippen LogP contribution >= 0.6 is 0 Å². The molecule has 0 radical (unpaired) electrons. The molecule has 148 valence electrons. The van der Waals surface area contributed by atoms with E-state index in [1.54, 1.807) is 12.1 Å². The van der Waals surface area contributed by atoms with Gasteiger partial charge in [0.05, 0.1) is 11.0 Å². The molecule has 0 spiro atoms. The van der Waals surface area contributed by atoms with Gasteiger partial charge in [-0.15, -0.1) is 0 Å². The Balaban J connectivity index is 1.30. The second kappa shape index (κ2) is 7.29. The van der Waals surface area contributed by atoms with Crippen molar-refractivity contribution in [2.75, 3.05) is 17.2 Å². The second-order valence-electron chi connectivity index (χ2n) is 7.50. The van der Waals surface area contributed by atoms with Crippen molar-refractivity contribution in [2.45, 2.75) is 31.8 Å². The number of rotatable bonds is 5. The molecule has 1 aliphatic carbocycles. The smallest absolute Gasteiger partial charge is 0.255 e. The number of carbonyl (C=O) groups excluding carboxylic acids is 2.